The number of hydrogen-bond donors (Lipinski definition) is 3. The van der Waals surface area contributed by atoms with Crippen LogP contribution in [0.3, 0.4) is 0 Å². The summed E-state index contributed by atoms with van der Waals surface area (Å²) < 4.78 is 28.2. The molecule has 0 bridgehead atoms. The van der Waals surface area contributed by atoms with Gasteiger partial charge in [-0.05, 0) is 61.4 Å². The zero-order valence-electron chi connectivity index (χ0n) is 14.9. The van der Waals surface area contributed by atoms with E-state index in [1.165, 1.54) is 24.3 Å². The van der Waals surface area contributed by atoms with Crippen LogP contribution in [0.4, 0.5) is 5.69 Å². The zero-order chi connectivity index (χ0) is 19.5. The minimum absolute atomic E-state index is 0.0198. The second-order valence-electron chi connectivity index (χ2n) is 6.81. The predicted molar refractivity (Wildman–Crippen MR) is 103 cm³/mol. The van der Waals surface area contributed by atoms with Gasteiger partial charge < -0.3 is 15.8 Å². The van der Waals surface area contributed by atoms with Crippen molar-refractivity contribution >= 4 is 21.6 Å². The molecule has 0 radical (unpaired) electrons. The quantitative estimate of drug-likeness (QED) is 0.725. The number of rotatable bonds is 5. The van der Waals surface area contributed by atoms with Crippen LogP contribution >= 0.6 is 0 Å². The normalized spacial score (nSPS) is 16.5. The summed E-state index contributed by atoms with van der Waals surface area (Å²) in [6.07, 6.45) is 4.47. The molecule has 3 rings (SSSR count). The van der Waals surface area contributed by atoms with Crippen molar-refractivity contribution < 1.29 is 17.9 Å². The average molecular weight is 389 g/mol. The predicted octanol–water partition coefficient (Wildman–Crippen LogP) is 2.73. The molecule has 0 atom stereocenters. The summed E-state index contributed by atoms with van der Waals surface area (Å²) in [6.45, 7) is 0. The Morgan fingerprint density at radius 3 is 1.96 bits per heavy atom. The number of carbonyl (C=O) groups is 1. The third-order valence-corrected chi connectivity index (χ3v) is 5.63. The molecule has 0 saturated heterocycles. The van der Waals surface area contributed by atoms with Crippen LogP contribution in [-0.2, 0) is 14.8 Å². The molecule has 27 heavy (non-hydrogen) atoms. The largest absolute Gasteiger partial charge is 0.457 e. The van der Waals surface area contributed by atoms with E-state index in [0.29, 0.717) is 30.0 Å². The molecule has 0 unspecified atom stereocenters. The van der Waals surface area contributed by atoms with Crippen molar-refractivity contribution in [1.82, 2.24) is 0 Å². The van der Waals surface area contributed by atoms with E-state index in [-0.39, 0.29) is 10.8 Å². The maximum atomic E-state index is 12.5. The van der Waals surface area contributed by atoms with Crippen molar-refractivity contribution in [2.24, 2.45) is 10.9 Å². The molecule has 8 heteroatoms. The fourth-order valence-corrected chi connectivity index (χ4v) is 3.62. The highest BCUT2D eigenvalue weighted by molar-refractivity contribution is 7.89. The first kappa shape index (κ1) is 19.3. The van der Waals surface area contributed by atoms with Gasteiger partial charge in [0.05, 0.1) is 10.4 Å². The fraction of sp³-hybridized carbons (Fsp3) is 0.316. The number of nitrogens with one attached hydrogen (secondary N) is 1. The summed E-state index contributed by atoms with van der Waals surface area (Å²) >= 11 is 0. The minimum Gasteiger partial charge on any atom is -0.457 e. The van der Waals surface area contributed by atoms with Crippen LogP contribution in [-0.4, -0.2) is 19.9 Å². The van der Waals surface area contributed by atoms with Crippen LogP contribution in [0.15, 0.2) is 53.4 Å². The molecule has 0 aromatic heterocycles. The standard InChI is InChI=1S/C19H23N3O4S/c20-19(12-2-1-3-13-19)18(23)22-14-4-6-15(7-5-14)26-16-8-10-17(11-9-16)27(21,24)25/h4-11H,1-3,12-13,20H2,(H,22,23)(H2,21,24,25). The number of primary sulfonamides is 1. The van der Waals surface area contributed by atoms with E-state index in [4.69, 9.17) is 15.6 Å². The van der Waals surface area contributed by atoms with Crippen LogP contribution in [0.2, 0.25) is 0 Å². The first-order valence-electron chi connectivity index (χ1n) is 8.77. The van der Waals surface area contributed by atoms with Crippen molar-refractivity contribution in [3.05, 3.63) is 48.5 Å². The number of carbonyl (C=O) groups excluding carboxylic acids is 1. The SMILES string of the molecule is NC1(C(=O)Nc2ccc(Oc3ccc(S(N)(=O)=O)cc3)cc2)CCCCC1. The molecule has 144 valence electrons. The smallest absolute Gasteiger partial charge is 0.244 e. The monoisotopic (exact) mass is 389 g/mol. The summed E-state index contributed by atoms with van der Waals surface area (Å²) in [7, 11) is -3.73. The van der Waals surface area contributed by atoms with E-state index in [9.17, 15) is 13.2 Å². The van der Waals surface area contributed by atoms with Gasteiger partial charge in [-0.15, -0.1) is 0 Å². The summed E-state index contributed by atoms with van der Waals surface area (Å²) in [5.41, 5.74) is 6.09. The van der Waals surface area contributed by atoms with Crippen molar-refractivity contribution in [2.75, 3.05) is 5.32 Å². The molecule has 1 saturated carbocycles. The van der Waals surface area contributed by atoms with Gasteiger partial charge in [0.25, 0.3) is 0 Å². The Labute approximate surface area is 158 Å². The highest BCUT2D eigenvalue weighted by atomic mass is 32.2. The highest BCUT2D eigenvalue weighted by Gasteiger charge is 2.35. The summed E-state index contributed by atoms with van der Waals surface area (Å²) in [4.78, 5) is 12.5. The Morgan fingerprint density at radius 2 is 1.44 bits per heavy atom. The van der Waals surface area contributed by atoms with Crippen LogP contribution in [0.1, 0.15) is 32.1 Å². The average Bonchev–Trinajstić information content (AvgIpc) is 2.64. The molecule has 0 spiro atoms. The number of hydrogen-bond acceptors (Lipinski definition) is 5. The Bertz CT molecular complexity index is 903. The summed E-state index contributed by atoms with van der Waals surface area (Å²) in [5.74, 6) is 0.869. The van der Waals surface area contributed by atoms with Crippen molar-refractivity contribution in [1.29, 1.82) is 0 Å². The molecule has 1 aliphatic rings. The van der Waals surface area contributed by atoms with Crippen LogP contribution in [0, 0.1) is 0 Å². The molecular formula is C19H23N3O4S. The lowest BCUT2D eigenvalue weighted by atomic mass is 9.82. The second-order valence-corrected chi connectivity index (χ2v) is 8.38. The number of benzene rings is 2. The topological polar surface area (TPSA) is 125 Å². The van der Waals surface area contributed by atoms with Crippen molar-refractivity contribution in [3.8, 4) is 11.5 Å². The molecule has 5 N–H and O–H groups in total. The van der Waals surface area contributed by atoms with Gasteiger partial charge in [0, 0.05) is 5.69 Å². The maximum absolute atomic E-state index is 12.5. The van der Waals surface area contributed by atoms with Crippen LogP contribution in [0.25, 0.3) is 0 Å². The molecule has 1 aliphatic carbocycles. The lowest BCUT2D eigenvalue weighted by Crippen LogP contribution is -2.52. The van der Waals surface area contributed by atoms with Crippen molar-refractivity contribution in [2.45, 2.75) is 42.5 Å². The van der Waals surface area contributed by atoms with Gasteiger partial charge in [-0.25, -0.2) is 13.6 Å². The van der Waals surface area contributed by atoms with Gasteiger partial charge in [-0.3, -0.25) is 4.79 Å². The fourth-order valence-electron chi connectivity index (χ4n) is 3.11. The Kier molecular flexibility index (Phi) is 5.50. The minimum atomic E-state index is -3.73. The highest BCUT2D eigenvalue weighted by Crippen LogP contribution is 2.28. The zero-order valence-corrected chi connectivity index (χ0v) is 15.7. The molecule has 1 amide bonds. The molecule has 0 heterocycles. The van der Waals surface area contributed by atoms with Crippen molar-refractivity contribution in [3.63, 3.8) is 0 Å². The Morgan fingerprint density at radius 1 is 0.926 bits per heavy atom. The lowest BCUT2D eigenvalue weighted by molar-refractivity contribution is -0.122. The van der Waals surface area contributed by atoms with E-state index in [1.807, 2.05) is 0 Å². The molecule has 2 aromatic rings. The van der Waals surface area contributed by atoms with Gasteiger partial charge in [0.1, 0.15) is 11.5 Å². The molecule has 2 aromatic carbocycles. The van der Waals surface area contributed by atoms with Crippen LogP contribution < -0.4 is 20.9 Å². The first-order valence-corrected chi connectivity index (χ1v) is 10.3. The van der Waals surface area contributed by atoms with Gasteiger partial charge in [-0.1, -0.05) is 19.3 Å². The van der Waals surface area contributed by atoms with Gasteiger partial charge in [0.15, 0.2) is 0 Å². The lowest BCUT2D eigenvalue weighted by Gasteiger charge is -2.31. The first-order chi connectivity index (χ1) is 12.8. The second kappa shape index (κ2) is 7.67. The number of sulfonamides is 1. The van der Waals surface area contributed by atoms with E-state index in [2.05, 4.69) is 5.32 Å². The Balaban J connectivity index is 1.62. The molecule has 7 nitrogen and oxygen atoms in total. The van der Waals surface area contributed by atoms with Gasteiger partial charge in [0.2, 0.25) is 15.9 Å². The summed E-state index contributed by atoms with van der Waals surface area (Å²) in [5, 5.41) is 7.93. The Hall–Kier alpha value is -2.42. The van der Waals surface area contributed by atoms with E-state index < -0.39 is 15.6 Å². The van der Waals surface area contributed by atoms with E-state index in [0.717, 1.165) is 19.3 Å². The third-order valence-electron chi connectivity index (χ3n) is 4.70. The van der Waals surface area contributed by atoms with Crippen LogP contribution in [0.5, 0.6) is 11.5 Å². The third kappa shape index (κ3) is 4.85. The molecule has 1 fully saturated rings. The molecular weight excluding hydrogens is 366 g/mol. The number of amides is 1. The summed E-state index contributed by atoms with van der Waals surface area (Å²) in [6, 6.07) is 12.7. The number of nitrogens with two attached hydrogens (primary N) is 2. The van der Waals surface area contributed by atoms with E-state index in [1.54, 1.807) is 24.3 Å². The van der Waals surface area contributed by atoms with Gasteiger partial charge >= 0.3 is 0 Å². The maximum Gasteiger partial charge on any atom is 0.244 e. The van der Waals surface area contributed by atoms with E-state index >= 15 is 0 Å². The number of ether oxygens (including phenoxy) is 1. The number of anilines is 1. The molecule has 0 aliphatic heterocycles. The van der Waals surface area contributed by atoms with Gasteiger partial charge in [-0.2, -0.15) is 0 Å².